The molecular formula is C36H32N2OS. The van der Waals surface area contributed by atoms with E-state index in [0.29, 0.717) is 5.56 Å². The first-order chi connectivity index (χ1) is 19.6. The summed E-state index contributed by atoms with van der Waals surface area (Å²) in [5.74, 6) is 0.0755. The molecule has 1 atom stereocenters. The standard InChI is InChI=1S/C36H32N2OS/c37-34(25-12-3-1-4-13-25)39-35(38)33-27-14-6-5-11-24(27)17-19-28(33)26-18-20-32-30(23-26)36(21-9-2-10-22-36)29-15-7-8-16-31(29)40-32/h1,3-8,11-20,23,35,37H,2,9-10,21-22,38H2. The third kappa shape index (κ3) is 4.23. The van der Waals surface area contributed by atoms with Crippen molar-refractivity contribution in [2.45, 2.75) is 53.5 Å². The molecule has 1 saturated carbocycles. The Kier molecular flexibility index (Phi) is 6.45. The molecule has 1 aliphatic carbocycles. The lowest BCUT2D eigenvalue weighted by Crippen LogP contribution is -2.33. The van der Waals surface area contributed by atoms with E-state index in [-0.39, 0.29) is 11.3 Å². The molecule has 3 nitrogen and oxygen atoms in total. The lowest BCUT2D eigenvalue weighted by Gasteiger charge is -2.43. The zero-order chi connectivity index (χ0) is 27.1. The van der Waals surface area contributed by atoms with Crippen LogP contribution in [-0.2, 0) is 10.2 Å². The zero-order valence-corrected chi connectivity index (χ0v) is 23.2. The fourth-order valence-corrected chi connectivity index (χ4v) is 8.02. The second-order valence-electron chi connectivity index (χ2n) is 10.9. The number of nitrogens with one attached hydrogen (secondary N) is 1. The molecule has 0 saturated heterocycles. The molecule has 0 aromatic heterocycles. The van der Waals surface area contributed by atoms with E-state index in [1.165, 1.54) is 53.0 Å². The Balaban J connectivity index is 1.36. The highest BCUT2D eigenvalue weighted by molar-refractivity contribution is 7.99. The van der Waals surface area contributed by atoms with E-state index in [0.717, 1.165) is 27.5 Å². The third-order valence-corrected chi connectivity index (χ3v) is 9.82. The Morgan fingerprint density at radius 2 is 1.48 bits per heavy atom. The Morgan fingerprint density at radius 3 is 2.33 bits per heavy atom. The summed E-state index contributed by atoms with van der Waals surface area (Å²) in [6.45, 7) is 0. The van der Waals surface area contributed by atoms with Crippen LogP contribution in [0.3, 0.4) is 0 Å². The molecule has 1 aliphatic heterocycles. The molecule has 1 spiro atoms. The lowest BCUT2D eigenvalue weighted by molar-refractivity contribution is 0.201. The maximum Gasteiger partial charge on any atom is 0.215 e. The van der Waals surface area contributed by atoms with Crippen molar-refractivity contribution in [2.24, 2.45) is 5.73 Å². The SMILES string of the molecule is N=C(OC(N)c1c(-c2ccc3c(c2)C2(CCCCC2)c2ccccc2S3)ccc2ccccc12)c1ccccc1. The highest BCUT2D eigenvalue weighted by Gasteiger charge is 2.42. The molecular weight excluding hydrogens is 508 g/mol. The van der Waals surface area contributed by atoms with E-state index >= 15 is 0 Å². The summed E-state index contributed by atoms with van der Waals surface area (Å²) in [7, 11) is 0. The van der Waals surface area contributed by atoms with Crippen molar-refractivity contribution >= 4 is 28.4 Å². The number of hydrogen-bond acceptors (Lipinski definition) is 4. The predicted octanol–water partition coefficient (Wildman–Crippen LogP) is 9.22. The summed E-state index contributed by atoms with van der Waals surface area (Å²) >= 11 is 1.90. The average Bonchev–Trinajstić information content (AvgIpc) is 3.01. The largest absolute Gasteiger partial charge is 0.454 e. The van der Waals surface area contributed by atoms with Gasteiger partial charge in [-0.3, -0.25) is 11.1 Å². The van der Waals surface area contributed by atoms with Crippen LogP contribution in [0.4, 0.5) is 0 Å². The molecule has 7 rings (SSSR count). The molecule has 4 heteroatoms. The summed E-state index contributed by atoms with van der Waals surface area (Å²) in [5.41, 5.74) is 13.6. The van der Waals surface area contributed by atoms with Gasteiger partial charge in [-0.1, -0.05) is 110 Å². The summed E-state index contributed by atoms with van der Waals surface area (Å²) in [6.07, 6.45) is 5.39. The molecule has 1 heterocycles. The van der Waals surface area contributed by atoms with Gasteiger partial charge in [0.25, 0.3) is 0 Å². The van der Waals surface area contributed by atoms with Crippen LogP contribution in [0.2, 0.25) is 0 Å². The molecule has 0 bridgehead atoms. The average molecular weight is 541 g/mol. The molecule has 198 valence electrons. The van der Waals surface area contributed by atoms with E-state index in [9.17, 15) is 0 Å². The zero-order valence-electron chi connectivity index (χ0n) is 22.4. The van der Waals surface area contributed by atoms with Gasteiger partial charge in [0.2, 0.25) is 5.90 Å². The van der Waals surface area contributed by atoms with Gasteiger partial charge in [-0.2, -0.15) is 0 Å². The van der Waals surface area contributed by atoms with Crippen molar-refractivity contribution in [1.29, 1.82) is 5.41 Å². The molecule has 5 aromatic rings. The minimum absolute atomic E-state index is 0.0521. The van der Waals surface area contributed by atoms with E-state index in [1.54, 1.807) is 0 Å². The van der Waals surface area contributed by atoms with Crippen LogP contribution in [0.1, 0.15) is 60.6 Å². The smallest absolute Gasteiger partial charge is 0.215 e. The Hall–Kier alpha value is -3.86. The predicted molar refractivity (Wildman–Crippen MR) is 165 cm³/mol. The van der Waals surface area contributed by atoms with Gasteiger partial charge in [0.05, 0.1) is 0 Å². The Labute approximate surface area is 239 Å². The first kappa shape index (κ1) is 25.1. The normalized spacial score (nSPS) is 16.2. The number of ether oxygens (including phenoxy) is 1. The van der Waals surface area contributed by atoms with Gasteiger partial charge in [-0.25, -0.2) is 0 Å². The first-order valence-corrected chi connectivity index (χ1v) is 15.0. The van der Waals surface area contributed by atoms with E-state index in [2.05, 4.69) is 66.7 Å². The monoisotopic (exact) mass is 540 g/mol. The van der Waals surface area contributed by atoms with Gasteiger partial charge in [0.1, 0.15) is 0 Å². The first-order valence-electron chi connectivity index (χ1n) is 14.1. The van der Waals surface area contributed by atoms with Crippen LogP contribution in [0.5, 0.6) is 0 Å². The minimum Gasteiger partial charge on any atom is -0.454 e. The van der Waals surface area contributed by atoms with Crippen LogP contribution in [0.25, 0.3) is 21.9 Å². The van der Waals surface area contributed by atoms with Crippen molar-refractivity contribution in [2.75, 3.05) is 0 Å². The summed E-state index contributed by atoms with van der Waals surface area (Å²) < 4.78 is 6.12. The maximum atomic E-state index is 8.61. The highest BCUT2D eigenvalue weighted by atomic mass is 32.2. The number of nitrogens with two attached hydrogens (primary N) is 1. The molecule has 0 radical (unpaired) electrons. The maximum absolute atomic E-state index is 8.61. The summed E-state index contributed by atoms with van der Waals surface area (Å²) in [5, 5.41) is 10.8. The van der Waals surface area contributed by atoms with Crippen LogP contribution < -0.4 is 5.73 Å². The number of hydrogen-bond donors (Lipinski definition) is 2. The van der Waals surface area contributed by atoms with Gasteiger partial charge >= 0.3 is 0 Å². The van der Waals surface area contributed by atoms with E-state index in [1.807, 2.05) is 54.2 Å². The fourth-order valence-electron chi connectivity index (χ4n) is 6.77. The van der Waals surface area contributed by atoms with E-state index in [4.69, 9.17) is 15.9 Å². The molecule has 2 aliphatic rings. The van der Waals surface area contributed by atoms with Gasteiger partial charge in [0.15, 0.2) is 6.23 Å². The molecule has 1 fully saturated rings. The molecule has 0 amide bonds. The number of benzene rings is 5. The van der Waals surface area contributed by atoms with Crippen molar-refractivity contribution in [3.05, 3.63) is 131 Å². The summed E-state index contributed by atoms with van der Waals surface area (Å²) in [4.78, 5) is 2.75. The number of fused-ring (bicyclic) bond motifs is 5. The lowest BCUT2D eigenvalue weighted by atomic mass is 9.64. The van der Waals surface area contributed by atoms with Gasteiger partial charge < -0.3 is 4.74 Å². The van der Waals surface area contributed by atoms with Gasteiger partial charge in [0, 0.05) is 26.3 Å². The van der Waals surface area contributed by atoms with Crippen molar-refractivity contribution in [1.82, 2.24) is 0 Å². The van der Waals surface area contributed by atoms with Gasteiger partial charge in [-0.15, -0.1) is 0 Å². The summed E-state index contributed by atoms with van der Waals surface area (Å²) in [6, 6.07) is 38.1. The fraction of sp³-hybridized carbons (Fsp3) is 0.194. The minimum atomic E-state index is -0.788. The van der Waals surface area contributed by atoms with Crippen molar-refractivity contribution in [3.8, 4) is 11.1 Å². The second kappa shape index (κ2) is 10.3. The molecule has 5 aromatic carbocycles. The van der Waals surface area contributed by atoms with Crippen LogP contribution in [0.15, 0.2) is 119 Å². The van der Waals surface area contributed by atoms with Crippen molar-refractivity contribution in [3.63, 3.8) is 0 Å². The highest BCUT2D eigenvalue weighted by Crippen LogP contribution is 2.56. The van der Waals surface area contributed by atoms with Gasteiger partial charge in [-0.05, 0) is 76.2 Å². The molecule has 1 unspecified atom stereocenters. The molecule has 3 N–H and O–H groups in total. The second-order valence-corrected chi connectivity index (χ2v) is 12.0. The van der Waals surface area contributed by atoms with E-state index < -0.39 is 6.23 Å². The van der Waals surface area contributed by atoms with Crippen molar-refractivity contribution < 1.29 is 4.74 Å². The molecule has 40 heavy (non-hydrogen) atoms. The van der Waals surface area contributed by atoms with Crippen LogP contribution in [-0.4, -0.2) is 5.90 Å². The Morgan fingerprint density at radius 1 is 0.750 bits per heavy atom. The third-order valence-electron chi connectivity index (χ3n) is 8.67. The topological polar surface area (TPSA) is 59.1 Å². The van der Waals surface area contributed by atoms with Crippen LogP contribution in [0, 0.1) is 5.41 Å². The quantitative estimate of drug-likeness (QED) is 0.136. The number of rotatable bonds is 4. The van der Waals surface area contributed by atoms with Crippen LogP contribution >= 0.6 is 11.8 Å². The Bertz CT molecular complexity index is 1720.